The van der Waals surface area contributed by atoms with Crippen LogP contribution >= 0.6 is 11.8 Å². The molecule has 22 heavy (non-hydrogen) atoms. The van der Waals surface area contributed by atoms with Gasteiger partial charge in [0, 0.05) is 49.4 Å². The van der Waals surface area contributed by atoms with Gasteiger partial charge in [-0.05, 0) is 25.3 Å². The van der Waals surface area contributed by atoms with Crippen LogP contribution in [-0.2, 0) is 6.54 Å². The topological polar surface area (TPSA) is 54.3 Å². The van der Waals surface area contributed by atoms with Crippen LogP contribution in [-0.4, -0.2) is 46.1 Å². The molecular weight excluding hydrogens is 298 g/mol. The summed E-state index contributed by atoms with van der Waals surface area (Å²) in [6.45, 7) is 5.23. The number of aromatic nitrogens is 1. The number of aryl methyl sites for hydroxylation is 1. The van der Waals surface area contributed by atoms with E-state index < -0.39 is 0 Å². The SMILES string of the molecule is CC[C@H]1CN(C(=O)NCCCCn2ccccc2=O)CCS1. The summed E-state index contributed by atoms with van der Waals surface area (Å²) in [6.07, 6.45) is 4.68. The van der Waals surface area contributed by atoms with Gasteiger partial charge >= 0.3 is 6.03 Å². The Morgan fingerprint density at radius 1 is 1.41 bits per heavy atom. The smallest absolute Gasteiger partial charge is 0.317 e. The van der Waals surface area contributed by atoms with Crippen LogP contribution in [0.2, 0.25) is 0 Å². The molecule has 1 atom stereocenters. The highest BCUT2D eigenvalue weighted by Crippen LogP contribution is 2.20. The molecule has 1 aliphatic heterocycles. The standard InChI is InChI=1S/C16H25N3O2S/c1-2-14-13-19(11-12-22-14)16(21)17-8-4-6-10-18-9-5-3-7-15(18)20/h3,5,7,9,14H,2,4,6,8,10-13H2,1H3,(H,17,21)/t14-/m0/s1. The molecule has 6 heteroatoms. The van der Waals surface area contributed by atoms with Gasteiger partial charge in [0.15, 0.2) is 0 Å². The molecule has 0 aliphatic carbocycles. The van der Waals surface area contributed by atoms with Crippen molar-refractivity contribution in [2.45, 2.75) is 38.0 Å². The number of carbonyl (C=O) groups excluding carboxylic acids is 1. The molecule has 1 saturated heterocycles. The molecule has 2 rings (SSSR count). The van der Waals surface area contributed by atoms with Crippen LogP contribution in [0, 0.1) is 0 Å². The zero-order valence-electron chi connectivity index (χ0n) is 13.2. The van der Waals surface area contributed by atoms with E-state index in [9.17, 15) is 9.59 Å². The highest BCUT2D eigenvalue weighted by atomic mass is 32.2. The zero-order valence-corrected chi connectivity index (χ0v) is 14.0. The van der Waals surface area contributed by atoms with E-state index in [-0.39, 0.29) is 11.6 Å². The van der Waals surface area contributed by atoms with Crippen molar-refractivity contribution in [2.75, 3.05) is 25.4 Å². The number of carbonyl (C=O) groups is 1. The second-order valence-electron chi connectivity index (χ2n) is 5.52. The largest absolute Gasteiger partial charge is 0.338 e. The summed E-state index contributed by atoms with van der Waals surface area (Å²) in [4.78, 5) is 25.6. The first-order valence-corrected chi connectivity index (χ1v) is 9.05. The van der Waals surface area contributed by atoms with Gasteiger partial charge in [-0.1, -0.05) is 13.0 Å². The fourth-order valence-corrected chi connectivity index (χ4v) is 3.69. The number of hydrogen-bond acceptors (Lipinski definition) is 3. The molecule has 0 unspecified atom stereocenters. The van der Waals surface area contributed by atoms with Gasteiger partial charge in [-0.15, -0.1) is 0 Å². The number of urea groups is 1. The number of rotatable bonds is 6. The van der Waals surface area contributed by atoms with Crippen molar-refractivity contribution in [1.82, 2.24) is 14.8 Å². The van der Waals surface area contributed by atoms with Crippen LogP contribution in [0.1, 0.15) is 26.2 Å². The number of nitrogens with zero attached hydrogens (tertiary/aromatic N) is 2. The summed E-state index contributed by atoms with van der Waals surface area (Å²) in [5.41, 5.74) is 0.0305. The van der Waals surface area contributed by atoms with Gasteiger partial charge in [-0.2, -0.15) is 11.8 Å². The Labute approximate surface area is 136 Å². The van der Waals surface area contributed by atoms with Gasteiger partial charge in [0.2, 0.25) is 5.56 Å². The number of amides is 2. The molecule has 1 aliphatic rings. The maximum absolute atomic E-state index is 12.1. The number of thioether (sulfide) groups is 1. The van der Waals surface area contributed by atoms with Gasteiger partial charge < -0.3 is 14.8 Å². The Balaban J connectivity index is 1.63. The average Bonchev–Trinajstić information content (AvgIpc) is 2.56. The molecule has 0 radical (unpaired) electrons. The molecule has 5 nitrogen and oxygen atoms in total. The first-order chi connectivity index (χ1) is 10.7. The van der Waals surface area contributed by atoms with E-state index in [1.54, 1.807) is 22.9 Å². The summed E-state index contributed by atoms with van der Waals surface area (Å²) in [7, 11) is 0. The van der Waals surface area contributed by atoms with E-state index in [0.29, 0.717) is 18.3 Å². The number of pyridine rings is 1. The Morgan fingerprint density at radius 3 is 3.05 bits per heavy atom. The second-order valence-corrected chi connectivity index (χ2v) is 6.93. The summed E-state index contributed by atoms with van der Waals surface area (Å²) in [5.74, 6) is 1.03. The Morgan fingerprint density at radius 2 is 2.27 bits per heavy atom. The predicted octanol–water partition coefficient (Wildman–Crippen LogP) is 2.17. The second kappa shape index (κ2) is 8.88. The lowest BCUT2D eigenvalue weighted by Crippen LogP contribution is -2.47. The normalized spacial score (nSPS) is 18.2. The lowest BCUT2D eigenvalue weighted by atomic mass is 10.3. The molecule has 0 bridgehead atoms. The van der Waals surface area contributed by atoms with Crippen molar-refractivity contribution in [3.05, 3.63) is 34.7 Å². The van der Waals surface area contributed by atoms with Crippen LogP contribution in [0.15, 0.2) is 29.2 Å². The van der Waals surface area contributed by atoms with Crippen molar-refractivity contribution < 1.29 is 4.79 Å². The number of nitrogens with one attached hydrogen (secondary N) is 1. The highest BCUT2D eigenvalue weighted by molar-refractivity contribution is 8.00. The molecule has 1 aromatic heterocycles. The minimum absolute atomic E-state index is 0.0305. The number of hydrogen-bond donors (Lipinski definition) is 1. The Kier molecular flexibility index (Phi) is 6.83. The van der Waals surface area contributed by atoms with Crippen LogP contribution in [0.5, 0.6) is 0 Å². The van der Waals surface area contributed by atoms with Gasteiger partial charge in [-0.25, -0.2) is 4.79 Å². The highest BCUT2D eigenvalue weighted by Gasteiger charge is 2.22. The molecule has 1 aromatic rings. The van der Waals surface area contributed by atoms with Gasteiger partial charge in [-0.3, -0.25) is 4.79 Å². The van der Waals surface area contributed by atoms with E-state index in [2.05, 4.69) is 12.2 Å². The van der Waals surface area contributed by atoms with Crippen molar-refractivity contribution >= 4 is 17.8 Å². The maximum Gasteiger partial charge on any atom is 0.317 e. The summed E-state index contributed by atoms with van der Waals surface area (Å²) >= 11 is 1.96. The van der Waals surface area contributed by atoms with Crippen LogP contribution in [0.25, 0.3) is 0 Å². The van der Waals surface area contributed by atoms with Crippen molar-refractivity contribution in [1.29, 1.82) is 0 Å². The lowest BCUT2D eigenvalue weighted by molar-refractivity contribution is 0.199. The molecule has 2 amide bonds. The molecule has 2 heterocycles. The quantitative estimate of drug-likeness (QED) is 0.816. The lowest BCUT2D eigenvalue weighted by Gasteiger charge is -2.31. The van der Waals surface area contributed by atoms with E-state index in [1.807, 2.05) is 22.7 Å². The molecule has 0 aromatic carbocycles. The fourth-order valence-electron chi connectivity index (χ4n) is 2.51. The van der Waals surface area contributed by atoms with E-state index >= 15 is 0 Å². The van der Waals surface area contributed by atoms with E-state index in [1.165, 1.54) is 0 Å². The molecule has 1 fully saturated rings. The number of unbranched alkanes of at least 4 members (excludes halogenated alkanes) is 1. The van der Waals surface area contributed by atoms with E-state index in [4.69, 9.17) is 0 Å². The van der Waals surface area contributed by atoms with E-state index in [0.717, 1.165) is 38.1 Å². The zero-order chi connectivity index (χ0) is 15.8. The Bertz CT molecular complexity index is 532. The third kappa shape index (κ3) is 5.09. The predicted molar refractivity (Wildman–Crippen MR) is 91.4 cm³/mol. The monoisotopic (exact) mass is 323 g/mol. The third-order valence-electron chi connectivity index (χ3n) is 3.88. The van der Waals surface area contributed by atoms with Crippen LogP contribution in [0.3, 0.4) is 0 Å². The van der Waals surface area contributed by atoms with Gasteiger partial charge in [0.05, 0.1) is 0 Å². The minimum Gasteiger partial charge on any atom is -0.338 e. The molecule has 122 valence electrons. The first kappa shape index (κ1) is 16.9. The summed E-state index contributed by atoms with van der Waals surface area (Å²) in [6, 6.07) is 5.23. The molecule has 1 N–H and O–H groups in total. The average molecular weight is 323 g/mol. The first-order valence-electron chi connectivity index (χ1n) is 8.00. The fraction of sp³-hybridized carbons (Fsp3) is 0.625. The summed E-state index contributed by atoms with van der Waals surface area (Å²) < 4.78 is 1.70. The van der Waals surface area contributed by atoms with Crippen molar-refractivity contribution in [3.63, 3.8) is 0 Å². The van der Waals surface area contributed by atoms with Gasteiger partial charge in [0.25, 0.3) is 0 Å². The minimum atomic E-state index is 0.0305. The molecule has 0 saturated carbocycles. The van der Waals surface area contributed by atoms with Crippen LogP contribution in [0.4, 0.5) is 4.79 Å². The third-order valence-corrected chi connectivity index (χ3v) is 5.25. The van der Waals surface area contributed by atoms with Gasteiger partial charge in [0.1, 0.15) is 0 Å². The van der Waals surface area contributed by atoms with Crippen molar-refractivity contribution in [2.24, 2.45) is 0 Å². The van der Waals surface area contributed by atoms with Crippen molar-refractivity contribution in [3.8, 4) is 0 Å². The Hall–Kier alpha value is -1.43. The molecule has 0 spiro atoms. The molecular formula is C16H25N3O2S. The van der Waals surface area contributed by atoms with Crippen LogP contribution < -0.4 is 10.9 Å². The summed E-state index contributed by atoms with van der Waals surface area (Å²) in [5, 5.41) is 3.56. The maximum atomic E-state index is 12.1.